The van der Waals surface area contributed by atoms with Crippen molar-refractivity contribution >= 4 is 16.5 Å². The molecule has 1 nitrogen and oxygen atoms in total. The Morgan fingerprint density at radius 1 is 0.846 bits per heavy atom. The molecular formula is C10H23NSi2. The minimum absolute atomic E-state index is 1.16. The van der Waals surface area contributed by atoms with Gasteiger partial charge >= 0.3 is 0 Å². The van der Waals surface area contributed by atoms with Crippen molar-refractivity contribution in [2.75, 3.05) is 0 Å². The Balaban J connectivity index is 4.61. The summed E-state index contributed by atoms with van der Waals surface area (Å²) < 4.78 is 3.84. The lowest BCUT2D eigenvalue weighted by atomic mass is 10.8. The lowest BCUT2D eigenvalue weighted by Gasteiger charge is -2.30. The standard InChI is InChI=1S/C10H23NSi2/c1-7-9-13(6,10-8-2)11-12(3,4)5/h7-11H,1-6H3. The van der Waals surface area contributed by atoms with Crippen LogP contribution in [-0.4, -0.2) is 16.5 Å². The van der Waals surface area contributed by atoms with Crippen molar-refractivity contribution in [3.8, 4) is 0 Å². The molecule has 3 heteroatoms. The van der Waals surface area contributed by atoms with Gasteiger partial charge in [0, 0.05) is 0 Å². The van der Waals surface area contributed by atoms with E-state index in [4.69, 9.17) is 0 Å². The normalized spacial score (nSPS) is 18.3. The van der Waals surface area contributed by atoms with Gasteiger partial charge in [0.05, 0.1) is 0 Å². The number of allylic oxidation sites excluding steroid dienone is 2. The first kappa shape index (κ1) is 12.9. The Morgan fingerprint density at radius 3 is 1.46 bits per heavy atom. The molecule has 0 fully saturated rings. The van der Waals surface area contributed by atoms with E-state index in [1.807, 2.05) is 0 Å². The van der Waals surface area contributed by atoms with Crippen molar-refractivity contribution < 1.29 is 0 Å². The summed E-state index contributed by atoms with van der Waals surface area (Å²) in [6.45, 7) is 13.6. The average Bonchev–Trinajstić information content (AvgIpc) is 1.82. The Kier molecular flexibility index (Phi) is 4.88. The molecule has 0 saturated heterocycles. The van der Waals surface area contributed by atoms with E-state index in [1.165, 1.54) is 0 Å². The van der Waals surface area contributed by atoms with Gasteiger partial charge in [-0.15, -0.1) is 0 Å². The van der Waals surface area contributed by atoms with Crippen LogP contribution in [0.15, 0.2) is 23.6 Å². The number of nitrogens with one attached hydrogen (secondary N) is 1. The number of hydrogen-bond donors (Lipinski definition) is 1. The first-order valence-corrected chi connectivity index (χ1v) is 11.1. The molecule has 0 atom stereocenters. The zero-order valence-corrected chi connectivity index (χ0v) is 11.8. The molecule has 76 valence electrons. The molecule has 0 heterocycles. The van der Waals surface area contributed by atoms with Crippen LogP contribution in [-0.2, 0) is 0 Å². The van der Waals surface area contributed by atoms with E-state index in [-0.39, 0.29) is 0 Å². The third kappa shape index (κ3) is 6.01. The Bertz CT molecular complexity index is 189. The van der Waals surface area contributed by atoms with Crippen molar-refractivity contribution in [3.63, 3.8) is 0 Å². The van der Waals surface area contributed by atoms with Crippen LogP contribution in [0.3, 0.4) is 0 Å². The zero-order chi connectivity index (χ0) is 10.5. The Morgan fingerprint density at radius 2 is 1.23 bits per heavy atom. The van der Waals surface area contributed by atoms with Gasteiger partial charge in [-0.1, -0.05) is 43.2 Å². The number of hydrogen-bond acceptors (Lipinski definition) is 1. The van der Waals surface area contributed by atoms with E-state index >= 15 is 0 Å². The summed E-state index contributed by atoms with van der Waals surface area (Å²) >= 11 is 0. The predicted octanol–water partition coefficient (Wildman–Crippen LogP) is 3.22. The van der Waals surface area contributed by atoms with E-state index in [9.17, 15) is 0 Å². The summed E-state index contributed by atoms with van der Waals surface area (Å²) in [5.74, 6) is 0. The molecule has 1 N–H and O–H groups in total. The summed E-state index contributed by atoms with van der Waals surface area (Å²) in [6.07, 6.45) is 4.33. The minimum atomic E-state index is -1.43. The number of rotatable bonds is 4. The molecule has 0 amide bonds. The van der Waals surface area contributed by atoms with Gasteiger partial charge in [-0.25, -0.2) is 0 Å². The summed E-state index contributed by atoms with van der Waals surface area (Å²) in [7, 11) is -2.59. The van der Waals surface area contributed by atoms with Crippen LogP contribution >= 0.6 is 0 Å². The fourth-order valence-corrected chi connectivity index (χ4v) is 10.3. The zero-order valence-electron chi connectivity index (χ0n) is 9.81. The third-order valence-corrected chi connectivity index (χ3v) is 8.88. The maximum Gasteiger partial charge on any atom is 0.164 e. The van der Waals surface area contributed by atoms with Gasteiger partial charge in [0.1, 0.15) is 8.24 Å². The maximum absolute atomic E-state index is 3.84. The second-order valence-corrected chi connectivity index (χ2v) is 13.4. The van der Waals surface area contributed by atoms with Crippen LogP contribution in [0.5, 0.6) is 0 Å². The Hall–Kier alpha value is -0.126. The minimum Gasteiger partial charge on any atom is -0.353 e. The molecule has 0 spiro atoms. The highest BCUT2D eigenvalue weighted by Crippen LogP contribution is 2.08. The first-order chi connectivity index (χ1) is 5.83. The van der Waals surface area contributed by atoms with Crippen molar-refractivity contribution in [1.82, 2.24) is 4.65 Å². The molecule has 0 aromatic heterocycles. The lowest BCUT2D eigenvalue weighted by Crippen LogP contribution is -2.57. The van der Waals surface area contributed by atoms with Crippen LogP contribution in [0.2, 0.25) is 26.2 Å². The summed E-state index contributed by atoms with van der Waals surface area (Å²) in [5, 5.41) is 0. The van der Waals surface area contributed by atoms with Gasteiger partial charge in [0.2, 0.25) is 0 Å². The molecule has 0 aliphatic rings. The molecular weight excluding hydrogens is 190 g/mol. The lowest BCUT2D eigenvalue weighted by molar-refractivity contribution is 1.34. The quantitative estimate of drug-likeness (QED) is 0.707. The molecule has 0 aliphatic carbocycles. The fraction of sp³-hybridized carbons (Fsp3) is 0.600. The maximum atomic E-state index is 3.84. The molecule has 13 heavy (non-hydrogen) atoms. The van der Waals surface area contributed by atoms with E-state index in [0.29, 0.717) is 0 Å². The van der Waals surface area contributed by atoms with Gasteiger partial charge in [-0.05, 0) is 20.4 Å². The van der Waals surface area contributed by atoms with Crippen LogP contribution in [0.25, 0.3) is 0 Å². The highest BCUT2D eigenvalue weighted by Gasteiger charge is 2.26. The first-order valence-electron chi connectivity index (χ1n) is 4.90. The second-order valence-electron chi connectivity index (χ2n) is 4.66. The van der Waals surface area contributed by atoms with Crippen molar-refractivity contribution in [2.24, 2.45) is 0 Å². The third-order valence-electron chi connectivity index (χ3n) is 1.67. The molecule has 0 bridgehead atoms. The molecule has 0 saturated carbocycles. The molecule has 0 radical (unpaired) electrons. The molecule has 0 aliphatic heterocycles. The summed E-state index contributed by atoms with van der Waals surface area (Å²) in [5.41, 5.74) is 4.70. The van der Waals surface area contributed by atoms with Gasteiger partial charge in [-0.3, -0.25) is 0 Å². The largest absolute Gasteiger partial charge is 0.353 e. The van der Waals surface area contributed by atoms with Crippen LogP contribution in [0.4, 0.5) is 0 Å². The molecule has 0 aromatic carbocycles. The monoisotopic (exact) mass is 213 g/mol. The molecule has 0 rings (SSSR count). The van der Waals surface area contributed by atoms with Crippen molar-refractivity contribution in [2.45, 2.75) is 40.0 Å². The van der Waals surface area contributed by atoms with E-state index in [2.05, 4.69) is 68.2 Å². The summed E-state index contributed by atoms with van der Waals surface area (Å²) in [4.78, 5) is 0. The van der Waals surface area contributed by atoms with Gasteiger partial charge in [-0.2, -0.15) is 0 Å². The van der Waals surface area contributed by atoms with E-state index in [0.717, 1.165) is 0 Å². The van der Waals surface area contributed by atoms with Crippen molar-refractivity contribution in [1.29, 1.82) is 0 Å². The Labute approximate surface area is 85.1 Å². The van der Waals surface area contributed by atoms with Crippen molar-refractivity contribution in [3.05, 3.63) is 23.6 Å². The second kappa shape index (κ2) is 4.93. The van der Waals surface area contributed by atoms with Crippen LogP contribution < -0.4 is 4.65 Å². The van der Waals surface area contributed by atoms with Gasteiger partial charge < -0.3 is 4.65 Å². The smallest absolute Gasteiger partial charge is 0.164 e. The van der Waals surface area contributed by atoms with Gasteiger partial charge in [0.25, 0.3) is 0 Å². The van der Waals surface area contributed by atoms with Gasteiger partial charge in [0.15, 0.2) is 8.24 Å². The van der Waals surface area contributed by atoms with Crippen LogP contribution in [0.1, 0.15) is 13.8 Å². The molecule has 0 aromatic rings. The molecule has 0 unspecified atom stereocenters. The highest BCUT2D eigenvalue weighted by atomic mass is 28.4. The predicted molar refractivity (Wildman–Crippen MR) is 67.7 cm³/mol. The fourth-order valence-electron chi connectivity index (χ4n) is 1.64. The SMILES string of the molecule is CC=C[Si](C)(C=CC)N[Si](C)(C)C. The topological polar surface area (TPSA) is 12.0 Å². The van der Waals surface area contributed by atoms with E-state index in [1.54, 1.807) is 0 Å². The van der Waals surface area contributed by atoms with E-state index < -0.39 is 16.5 Å². The highest BCUT2D eigenvalue weighted by molar-refractivity contribution is 6.96. The van der Waals surface area contributed by atoms with Crippen LogP contribution in [0, 0.1) is 0 Å². The summed E-state index contributed by atoms with van der Waals surface area (Å²) in [6, 6.07) is 0. The average molecular weight is 213 g/mol.